The van der Waals surface area contributed by atoms with Crippen LogP contribution < -0.4 is 15.0 Å². The Morgan fingerprint density at radius 2 is 2.16 bits per heavy atom. The van der Waals surface area contributed by atoms with Crippen molar-refractivity contribution >= 4 is 11.7 Å². The molecule has 4 rings (SSSR count). The Labute approximate surface area is 188 Å². The van der Waals surface area contributed by atoms with E-state index >= 15 is 0 Å². The number of aryl methyl sites for hydroxylation is 1. The summed E-state index contributed by atoms with van der Waals surface area (Å²) in [6.07, 6.45) is 9.67. The average molecular weight is 435 g/mol. The number of aromatic nitrogens is 4. The van der Waals surface area contributed by atoms with Gasteiger partial charge in [-0.25, -0.2) is 9.97 Å². The first-order valence-electron chi connectivity index (χ1n) is 11.1. The maximum atomic E-state index is 12.7. The highest BCUT2D eigenvalue weighted by Crippen LogP contribution is 2.26. The number of piperidine rings is 1. The number of benzene rings is 1. The summed E-state index contributed by atoms with van der Waals surface area (Å²) in [5, 5.41) is 3.08. The van der Waals surface area contributed by atoms with Gasteiger partial charge in [-0.2, -0.15) is 4.98 Å². The number of carbonyl (C=O) groups excluding carboxylic acids is 1. The van der Waals surface area contributed by atoms with E-state index in [1.807, 2.05) is 43.5 Å². The van der Waals surface area contributed by atoms with Gasteiger partial charge in [-0.05, 0) is 50.3 Å². The number of hydrogen-bond acceptors (Lipinski definition) is 6. The van der Waals surface area contributed by atoms with Crippen LogP contribution in [0.3, 0.4) is 0 Å². The minimum atomic E-state index is 0.0745. The lowest BCUT2D eigenvalue weighted by molar-refractivity contribution is -0.121. The van der Waals surface area contributed by atoms with Gasteiger partial charge in [0.25, 0.3) is 0 Å². The number of anilines is 1. The molecule has 32 heavy (non-hydrogen) atoms. The van der Waals surface area contributed by atoms with Crippen molar-refractivity contribution in [2.45, 2.75) is 45.1 Å². The normalized spacial score (nSPS) is 16.1. The van der Waals surface area contributed by atoms with Crippen LogP contribution in [0, 0.1) is 6.92 Å². The van der Waals surface area contributed by atoms with Crippen molar-refractivity contribution < 1.29 is 9.53 Å². The molecule has 1 N–H and O–H groups in total. The molecule has 2 aromatic heterocycles. The Morgan fingerprint density at radius 3 is 2.97 bits per heavy atom. The molecule has 0 radical (unpaired) electrons. The van der Waals surface area contributed by atoms with E-state index in [1.165, 1.54) is 0 Å². The van der Waals surface area contributed by atoms with Gasteiger partial charge in [0.05, 0.1) is 7.11 Å². The molecule has 0 bridgehead atoms. The number of amides is 1. The van der Waals surface area contributed by atoms with Gasteiger partial charge >= 0.3 is 0 Å². The lowest BCUT2D eigenvalue weighted by Crippen LogP contribution is -2.43. The minimum Gasteiger partial charge on any atom is -0.497 e. The van der Waals surface area contributed by atoms with Crippen LogP contribution in [0.2, 0.25) is 0 Å². The van der Waals surface area contributed by atoms with Gasteiger partial charge in [-0.1, -0.05) is 12.1 Å². The summed E-state index contributed by atoms with van der Waals surface area (Å²) < 4.78 is 7.08. The zero-order valence-electron chi connectivity index (χ0n) is 18.7. The smallest absolute Gasteiger partial charge is 0.237 e. The fraction of sp³-hybridized carbons (Fsp3) is 0.417. The molecule has 1 amide bonds. The summed E-state index contributed by atoms with van der Waals surface area (Å²) in [5.41, 5.74) is 2.04. The lowest BCUT2D eigenvalue weighted by atomic mass is 9.99. The fourth-order valence-electron chi connectivity index (χ4n) is 4.15. The zero-order valence-corrected chi connectivity index (χ0v) is 18.7. The number of carbonyl (C=O) groups is 1. The maximum Gasteiger partial charge on any atom is 0.237 e. The van der Waals surface area contributed by atoms with E-state index in [1.54, 1.807) is 24.2 Å². The highest BCUT2D eigenvalue weighted by molar-refractivity contribution is 5.77. The highest BCUT2D eigenvalue weighted by Gasteiger charge is 2.26. The summed E-state index contributed by atoms with van der Waals surface area (Å²) in [7, 11) is 1.66. The fourth-order valence-corrected chi connectivity index (χ4v) is 4.15. The van der Waals surface area contributed by atoms with Crippen molar-refractivity contribution in [1.82, 2.24) is 24.8 Å². The van der Waals surface area contributed by atoms with Crippen LogP contribution in [0.25, 0.3) is 5.95 Å². The number of hydrogen-bond donors (Lipinski definition) is 1. The van der Waals surface area contributed by atoms with E-state index in [-0.39, 0.29) is 11.9 Å². The molecule has 1 aromatic carbocycles. The molecular weight excluding hydrogens is 404 g/mol. The molecular formula is C24H30N6O2. The first-order valence-corrected chi connectivity index (χ1v) is 11.1. The summed E-state index contributed by atoms with van der Waals surface area (Å²) in [5.74, 6) is 2.38. The van der Waals surface area contributed by atoms with Crippen LogP contribution in [0.15, 0.2) is 49.1 Å². The third-order valence-corrected chi connectivity index (χ3v) is 5.78. The Morgan fingerprint density at radius 1 is 1.25 bits per heavy atom. The number of nitrogens with one attached hydrogen (secondary N) is 1. The Hall–Kier alpha value is -3.42. The van der Waals surface area contributed by atoms with Gasteiger partial charge < -0.3 is 15.0 Å². The molecule has 0 saturated carbocycles. The molecule has 0 spiro atoms. The SMILES string of the molecule is COc1cccc(CCNC(=O)CC2CCCCN2c2cc(C)nc(-n3ccnc3)n2)c1. The molecule has 0 aliphatic carbocycles. The van der Waals surface area contributed by atoms with E-state index in [0.717, 1.165) is 55.1 Å². The van der Waals surface area contributed by atoms with Crippen molar-refractivity contribution in [3.8, 4) is 11.7 Å². The molecule has 8 nitrogen and oxygen atoms in total. The zero-order chi connectivity index (χ0) is 22.3. The average Bonchev–Trinajstić information content (AvgIpc) is 3.34. The van der Waals surface area contributed by atoms with Crippen molar-refractivity contribution in [2.24, 2.45) is 0 Å². The topological polar surface area (TPSA) is 85.2 Å². The van der Waals surface area contributed by atoms with E-state index < -0.39 is 0 Å². The Bertz CT molecular complexity index is 1040. The lowest BCUT2D eigenvalue weighted by Gasteiger charge is -2.36. The van der Waals surface area contributed by atoms with E-state index in [4.69, 9.17) is 9.72 Å². The predicted molar refractivity (Wildman–Crippen MR) is 123 cm³/mol. The van der Waals surface area contributed by atoms with Crippen LogP contribution >= 0.6 is 0 Å². The van der Waals surface area contributed by atoms with E-state index in [9.17, 15) is 4.79 Å². The Balaban J connectivity index is 1.38. The van der Waals surface area contributed by atoms with Crippen LogP contribution in [-0.4, -0.2) is 51.7 Å². The predicted octanol–water partition coefficient (Wildman–Crippen LogP) is 3.09. The van der Waals surface area contributed by atoms with Gasteiger partial charge in [0.15, 0.2) is 0 Å². The molecule has 8 heteroatoms. The Kier molecular flexibility index (Phi) is 6.99. The van der Waals surface area contributed by atoms with Crippen LogP contribution in [0.1, 0.15) is 36.9 Å². The van der Waals surface area contributed by atoms with Crippen molar-refractivity contribution in [3.05, 3.63) is 60.3 Å². The molecule has 3 heterocycles. The number of methoxy groups -OCH3 is 1. The number of rotatable bonds is 8. The monoisotopic (exact) mass is 434 g/mol. The van der Waals surface area contributed by atoms with E-state index in [2.05, 4.69) is 20.2 Å². The minimum absolute atomic E-state index is 0.0745. The molecule has 3 aromatic rings. The quantitative estimate of drug-likeness (QED) is 0.586. The van der Waals surface area contributed by atoms with Crippen molar-refractivity contribution in [2.75, 3.05) is 25.1 Å². The molecule has 1 fully saturated rings. The maximum absolute atomic E-state index is 12.7. The van der Waals surface area contributed by atoms with Gasteiger partial charge in [0.2, 0.25) is 11.9 Å². The van der Waals surface area contributed by atoms with Gasteiger partial charge in [0.1, 0.15) is 17.9 Å². The first-order chi connectivity index (χ1) is 15.6. The molecule has 1 saturated heterocycles. The van der Waals surface area contributed by atoms with Crippen molar-refractivity contribution in [1.29, 1.82) is 0 Å². The van der Waals surface area contributed by atoms with Gasteiger partial charge in [-0.15, -0.1) is 0 Å². The number of ether oxygens (including phenoxy) is 1. The van der Waals surface area contributed by atoms with Crippen LogP contribution in [0.5, 0.6) is 5.75 Å². The number of nitrogens with zero attached hydrogens (tertiary/aromatic N) is 5. The highest BCUT2D eigenvalue weighted by atomic mass is 16.5. The summed E-state index contributed by atoms with van der Waals surface area (Å²) in [6.45, 7) is 3.47. The molecule has 1 unspecified atom stereocenters. The standard InChI is InChI=1S/C24H30N6O2/c1-18-14-22(28-24(27-18)29-13-11-25-17-29)30-12-4-3-7-20(30)16-23(31)26-10-9-19-6-5-8-21(15-19)32-2/h5-6,8,11,13-15,17,20H,3-4,7,9-10,12,16H2,1-2H3,(H,26,31). The first kappa shape index (κ1) is 21.8. The summed E-state index contributed by atoms with van der Waals surface area (Å²) in [4.78, 5) is 28.4. The molecule has 1 aliphatic heterocycles. The third-order valence-electron chi connectivity index (χ3n) is 5.78. The van der Waals surface area contributed by atoms with Crippen molar-refractivity contribution in [3.63, 3.8) is 0 Å². The van der Waals surface area contributed by atoms with Gasteiger partial charge in [-0.3, -0.25) is 9.36 Å². The molecule has 1 aliphatic rings. The van der Waals surface area contributed by atoms with Crippen LogP contribution in [-0.2, 0) is 11.2 Å². The summed E-state index contributed by atoms with van der Waals surface area (Å²) in [6, 6.07) is 10.1. The van der Waals surface area contributed by atoms with Crippen LogP contribution in [0.4, 0.5) is 5.82 Å². The second kappa shape index (κ2) is 10.3. The molecule has 1 atom stereocenters. The molecule has 168 valence electrons. The largest absolute Gasteiger partial charge is 0.497 e. The second-order valence-electron chi connectivity index (χ2n) is 8.14. The summed E-state index contributed by atoms with van der Waals surface area (Å²) >= 11 is 0. The number of imidazole rings is 1. The third kappa shape index (κ3) is 5.43. The van der Waals surface area contributed by atoms with Gasteiger partial charge in [0, 0.05) is 49.7 Å². The second-order valence-corrected chi connectivity index (χ2v) is 8.14. The van der Waals surface area contributed by atoms with E-state index in [0.29, 0.717) is 18.9 Å².